The first-order valence-corrected chi connectivity index (χ1v) is 4.63. The Labute approximate surface area is 68.3 Å². The Bertz CT molecular complexity index is 136. The molecule has 1 saturated carbocycles. The quantitative estimate of drug-likeness (QED) is 0.646. The van der Waals surface area contributed by atoms with E-state index < -0.39 is 0 Å². The molecular weight excluding hydrogens is 138 g/mol. The van der Waals surface area contributed by atoms with Crippen molar-refractivity contribution in [3.05, 3.63) is 0 Å². The van der Waals surface area contributed by atoms with Crippen molar-refractivity contribution in [2.75, 3.05) is 20.2 Å². The molecule has 0 aromatic carbocycles. The molecule has 0 aromatic heterocycles. The van der Waals surface area contributed by atoms with Crippen LogP contribution in [0.2, 0.25) is 0 Å². The summed E-state index contributed by atoms with van der Waals surface area (Å²) < 4.78 is 5.64. The lowest BCUT2D eigenvalue weighted by Gasteiger charge is -2.41. The monoisotopic (exact) mass is 155 g/mol. The average molecular weight is 155 g/mol. The van der Waals surface area contributed by atoms with E-state index in [-0.39, 0.29) is 5.60 Å². The molecule has 0 amide bonds. The fourth-order valence-electron chi connectivity index (χ4n) is 2.31. The minimum absolute atomic E-state index is 0.220. The highest BCUT2D eigenvalue weighted by Gasteiger charge is 2.43. The summed E-state index contributed by atoms with van der Waals surface area (Å²) in [5.74, 6) is 0.850. The van der Waals surface area contributed by atoms with Gasteiger partial charge in [-0.3, -0.25) is 0 Å². The fourth-order valence-corrected chi connectivity index (χ4v) is 2.31. The largest absolute Gasteiger partial charge is 0.377 e. The van der Waals surface area contributed by atoms with Crippen LogP contribution in [0.15, 0.2) is 0 Å². The summed E-state index contributed by atoms with van der Waals surface area (Å²) in [5, 5.41) is 3.39. The highest BCUT2D eigenvalue weighted by atomic mass is 16.5. The van der Waals surface area contributed by atoms with Gasteiger partial charge in [0.2, 0.25) is 0 Å². The van der Waals surface area contributed by atoms with Crippen LogP contribution in [0.3, 0.4) is 0 Å². The highest BCUT2D eigenvalue weighted by molar-refractivity contribution is 4.98. The molecular formula is C9H17NO. The second kappa shape index (κ2) is 2.76. The van der Waals surface area contributed by atoms with Crippen LogP contribution < -0.4 is 5.32 Å². The normalized spacial score (nSPS) is 39.0. The Balaban J connectivity index is 2.02. The van der Waals surface area contributed by atoms with Crippen molar-refractivity contribution in [1.29, 1.82) is 0 Å². The number of nitrogens with one attached hydrogen (secondary N) is 1. The topological polar surface area (TPSA) is 21.3 Å². The van der Waals surface area contributed by atoms with E-state index in [9.17, 15) is 0 Å². The van der Waals surface area contributed by atoms with Crippen molar-refractivity contribution in [3.8, 4) is 0 Å². The number of hydrogen-bond donors (Lipinski definition) is 1. The van der Waals surface area contributed by atoms with Crippen molar-refractivity contribution in [1.82, 2.24) is 5.32 Å². The van der Waals surface area contributed by atoms with Crippen LogP contribution in [0.25, 0.3) is 0 Å². The van der Waals surface area contributed by atoms with Gasteiger partial charge in [-0.05, 0) is 31.7 Å². The van der Waals surface area contributed by atoms with Gasteiger partial charge >= 0.3 is 0 Å². The van der Waals surface area contributed by atoms with E-state index in [2.05, 4.69) is 5.32 Å². The molecule has 11 heavy (non-hydrogen) atoms. The predicted molar refractivity (Wildman–Crippen MR) is 44.6 cm³/mol. The molecule has 1 atom stereocenters. The summed E-state index contributed by atoms with van der Waals surface area (Å²) in [6, 6.07) is 0. The second-order valence-electron chi connectivity index (χ2n) is 3.82. The molecule has 1 unspecified atom stereocenters. The van der Waals surface area contributed by atoms with Gasteiger partial charge in [-0.2, -0.15) is 0 Å². The Morgan fingerprint density at radius 3 is 2.64 bits per heavy atom. The van der Waals surface area contributed by atoms with Crippen LogP contribution in [0.1, 0.15) is 25.7 Å². The Morgan fingerprint density at radius 1 is 1.45 bits per heavy atom. The van der Waals surface area contributed by atoms with Crippen molar-refractivity contribution in [3.63, 3.8) is 0 Å². The zero-order valence-electron chi connectivity index (χ0n) is 7.23. The van der Waals surface area contributed by atoms with Crippen molar-refractivity contribution >= 4 is 0 Å². The van der Waals surface area contributed by atoms with Gasteiger partial charge < -0.3 is 10.1 Å². The number of methoxy groups -OCH3 is 1. The first-order chi connectivity index (χ1) is 5.37. The molecule has 1 saturated heterocycles. The molecule has 0 aromatic rings. The van der Waals surface area contributed by atoms with Gasteiger partial charge in [-0.15, -0.1) is 0 Å². The third kappa shape index (κ3) is 1.09. The van der Waals surface area contributed by atoms with Gasteiger partial charge in [0.1, 0.15) is 0 Å². The molecule has 64 valence electrons. The molecule has 2 nitrogen and oxygen atoms in total. The van der Waals surface area contributed by atoms with Crippen molar-refractivity contribution < 1.29 is 4.74 Å². The van der Waals surface area contributed by atoms with Crippen LogP contribution >= 0.6 is 0 Å². The zero-order chi connectivity index (χ0) is 7.73. The van der Waals surface area contributed by atoms with E-state index >= 15 is 0 Å². The predicted octanol–water partition coefficient (Wildman–Crippen LogP) is 1.17. The number of hydrogen-bond acceptors (Lipinski definition) is 2. The van der Waals surface area contributed by atoms with E-state index in [1.54, 1.807) is 0 Å². The molecule has 2 aliphatic rings. The van der Waals surface area contributed by atoms with E-state index in [0.29, 0.717) is 0 Å². The van der Waals surface area contributed by atoms with E-state index in [1.807, 2.05) is 7.11 Å². The van der Waals surface area contributed by atoms with Crippen molar-refractivity contribution in [2.24, 2.45) is 5.92 Å². The summed E-state index contributed by atoms with van der Waals surface area (Å²) in [4.78, 5) is 0. The second-order valence-corrected chi connectivity index (χ2v) is 3.82. The minimum atomic E-state index is 0.220. The first-order valence-electron chi connectivity index (χ1n) is 4.63. The Kier molecular flexibility index (Phi) is 1.90. The third-order valence-corrected chi connectivity index (χ3v) is 3.40. The van der Waals surface area contributed by atoms with Crippen molar-refractivity contribution in [2.45, 2.75) is 31.3 Å². The van der Waals surface area contributed by atoms with Gasteiger partial charge in [0, 0.05) is 13.7 Å². The van der Waals surface area contributed by atoms with Crippen LogP contribution in [-0.4, -0.2) is 25.8 Å². The average Bonchev–Trinajstić information content (AvgIpc) is 2.34. The molecule has 1 aliphatic heterocycles. The van der Waals surface area contributed by atoms with E-state index in [1.165, 1.54) is 25.7 Å². The standard InChI is InChI=1S/C9H17NO/c1-11-9(5-6-10-7-9)8-3-2-4-8/h8,10H,2-7H2,1H3. The summed E-state index contributed by atoms with van der Waals surface area (Å²) in [6.45, 7) is 2.22. The molecule has 2 rings (SSSR count). The van der Waals surface area contributed by atoms with Gasteiger partial charge in [0.25, 0.3) is 0 Å². The molecule has 1 aliphatic carbocycles. The summed E-state index contributed by atoms with van der Waals surface area (Å²) in [6.07, 6.45) is 5.40. The molecule has 1 N–H and O–H groups in total. The molecule has 2 heteroatoms. The lowest BCUT2D eigenvalue weighted by atomic mass is 9.72. The van der Waals surface area contributed by atoms with Crippen LogP contribution in [0, 0.1) is 5.92 Å². The van der Waals surface area contributed by atoms with Gasteiger partial charge in [-0.1, -0.05) is 6.42 Å². The minimum Gasteiger partial charge on any atom is -0.377 e. The Hall–Kier alpha value is -0.0800. The van der Waals surface area contributed by atoms with Gasteiger partial charge in [0.05, 0.1) is 5.60 Å². The highest BCUT2D eigenvalue weighted by Crippen LogP contribution is 2.41. The summed E-state index contributed by atoms with van der Waals surface area (Å²) in [7, 11) is 1.87. The lowest BCUT2D eigenvalue weighted by Crippen LogP contribution is -2.45. The van der Waals surface area contributed by atoms with E-state index in [0.717, 1.165) is 19.0 Å². The maximum atomic E-state index is 5.64. The lowest BCUT2D eigenvalue weighted by molar-refractivity contribution is -0.0684. The first kappa shape index (κ1) is 7.56. The van der Waals surface area contributed by atoms with Crippen LogP contribution in [-0.2, 0) is 4.74 Å². The maximum Gasteiger partial charge on any atom is 0.0842 e. The number of rotatable bonds is 2. The summed E-state index contributed by atoms with van der Waals surface area (Å²) >= 11 is 0. The maximum absolute atomic E-state index is 5.64. The molecule has 0 radical (unpaired) electrons. The SMILES string of the molecule is COC1(C2CCC2)CCNC1. The number of ether oxygens (including phenoxy) is 1. The van der Waals surface area contributed by atoms with Crippen LogP contribution in [0.4, 0.5) is 0 Å². The fraction of sp³-hybridized carbons (Fsp3) is 1.00. The molecule has 0 spiro atoms. The third-order valence-electron chi connectivity index (χ3n) is 3.40. The van der Waals surface area contributed by atoms with Gasteiger partial charge in [-0.25, -0.2) is 0 Å². The molecule has 0 bridgehead atoms. The molecule has 1 heterocycles. The zero-order valence-corrected chi connectivity index (χ0v) is 7.23. The van der Waals surface area contributed by atoms with E-state index in [4.69, 9.17) is 4.74 Å². The molecule has 2 fully saturated rings. The van der Waals surface area contributed by atoms with Gasteiger partial charge in [0.15, 0.2) is 0 Å². The Morgan fingerprint density at radius 2 is 2.27 bits per heavy atom. The smallest absolute Gasteiger partial charge is 0.0842 e. The summed E-state index contributed by atoms with van der Waals surface area (Å²) in [5.41, 5.74) is 0.220. The van der Waals surface area contributed by atoms with Crippen LogP contribution in [0.5, 0.6) is 0 Å².